The molecule has 3 N–H and O–H groups in total. The molecule has 0 atom stereocenters. The molecule has 0 spiro atoms. The van der Waals surface area contributed by atoms with Crippen molar-refractivity contribution >= 4 is 39.9 Å². The number of rotatable bonds is 6. The molecule has 7 nitrogen and oxygen atoms in total. The zero-order valence-electron chi connectivity index (χ0n) is 17.6. The molecular weight excluding hydrogens is 446 g/mol. The topological polar surface area (TPSA) is 107 Å². The standard InChI is InChI=1S/C23H25N3O4S2/c1-14-6-10-31-13-17(14)11-16(12-24)22(28)26-23-25-19(18-3-2-7-30-18)21(32-23)20(27)15-4-8-29-9-5-15/h2-3,7,11-12,15H,1,4-6,8-10,13,24H2,(H,25,26,28)/b16-12+,17-11-. The number of amides is 1. The molecule has 1 amide bonds. The molecule has 4 rings (SSSR count). The highest BCUT2D eigenvalue weighted by Crippen LogP contribution is 2.35. The number of anilines is 1. The summed E-state index contributed by atoms with van der Waals surface area (Å²) in [5, 5.41) is 3.12. The van der Waals surface area contributed by atoms with Gasteiger partial charge in [-0.15, -0.1) is 0 Å². The SMILES string of the molecule is C=C1CCSC/C1=C/C(=C\N)C(=O)Nc1nc(-c2ccco2)c(C(=O)C2CCOCC2)s1. The number of nitrogens with two attached hydrogens (primary N) is 1. The molecule has 0 aliphatic carbocycles. The second-order valence-electron chi connectivity index (χ2n) is 7.58. The zero-order valence-corrected chi connectivity index (χ0v) is 19.2. The van der Waals surface area contributed by atoms with Gasteiger partial charge >= 0.3 is 0 Å². The second-order valence-corrected chi connectivity index (χ2v) is 9.68. The Morgan fingerprint density at radius 2 is 2.12 bits per heavy atom. The maximum absolute atomic E-state index is 13.2. The molecule has 2 aromatic heterocycles. The number of ether oxygens (including phenoxy) is 1. The molecule has 2 aromatic rings. The third-order valence-electron chi connectivity index (χ3n) is 5.45. The van der Waals surface area contributed by atoms with Crippen LogP contribution in [0.25, 0.3) is 11.5 Å². The molecule has 0 aromatic carbocycles. The highest BCUT2D eigenvalue weighted by Gasteiger charge is 2.29. The van der Waals surface area contributed by atoms with Crippen LogP contribution in [-0.4, -0.2) is 41.4 Å². The van der Waals surface area contributed by atoms with E-state index in [1.54, 1.807) is 30.0 Å². The van der Waals surface area contributed by atoms with Crippen LogP contribution in [0.2, 0.25) is 0 Å². The number of hydrogen-bond donors (Lipinski definition) is 2. The minimum atomic E-state index is -0.381. The molecule has 0 bridgehead atoms. The first kappa shape index (κ1) is 22.6. The first-order chi connectivity index (χ1) is 15.6. The Balaban J connectivity index is 1.58. The van der Waals surface area contributed by atoms with Crippen molar-refractivity contribution in [2.75, 3.05) is 30.0 Å². The zero-order chi connectivity index (χ0) is 22.5. The van der Waals surface area contributed by atoms with Gasteiger partial charge < -0.3 is 14.9 Å². The Kier molecular flexibility index (Phi) is 7.29. The monoisotopic (exact) mass is 471 g/mol. The quantitative estimate of drug-likeness (QED) is 0.474. The molecule has 2 aliphatic rings. The molecule has 9 heteroatoms. The normalized spacial score (nSPS) is 19.3. The summed E-state index contributed by atoms with van der Waals surface area (Å²) < 4.78 is 10.9. The van der Waals surface area contributed by atoms with Crippen molar-refractivity contribution in [3.05, 3.63) is 58.8 Å². The van der Waals surface area contributed by atoms with Gasteiger partial charge in [-0.25, -0.2) is 4.98 Å². The minimum absolute atomic E-state index is 0.00457. The number of aromatic nitrogens is 1. The fraction of sp³-hybridized carbons (Fsp3) is 0.348. The summed E-state index contributed by atoms with van der Waals surface area (Å²) in [6, 6.07) is 3.50. The summed E-state index contributed by atoms with van der Waals surface area (Å²) in [4.78, 5) is 31.1. The molecule has 32 heavy (non-hydrogen) atoms. The van der Waals surface area contributed by atoms with Crippen molar-refractivity contribution in [2.45, 2.75) is 19.3 Å². The summed E-state index contributed by atoms with van der Waals surface area (Å²) in [6.07, 6.45) is 6.83. The van der Waals surface area contributed by atoms with E-state index in [1.165, 1.54) is 12.5 Å². The number of thioether (sulfide) groups is 1. The highest BCUT2D eigenvalue weighted by atomic mass is 32.2. The molecule has 0 saturated carbocycles. The van der Waals surface area contributed by atoms with Gasteiger partial charge in [0.2, 0.25) is 0 Å². The van der Waals surface area contributed by atoms with E-state index in [0.29, 0.717) is 53.1 Å². The van der Waals surface area contributed by atoms with Crippen LogP contribution < -0.4 is 11.1 Å². The second kappa shape index (κ2) is 10.3. The fourth-order valence-corrected chi connectivity index (χ4v) is 5.62. The van der Waals surface area contributed by atoms with Gasteiger partial charge in [-0.3, -0.25) is 14.9 Å². The number of nitrogens with zero attached hydrogens (tertiary/aromatic N) is 1. The highest BCUT2D eigenvalue weighted by molar-refractivity contribution is 7.99. The van der Waals surface area contributed by atoms with E-state index in [1.807, 2.05) is 0 Å². The van der Waals surface area contributed by atoms with E-state index >= 15 is 0 Å². The van der Waals surface area contributed by atoms with E-state index in [2.05, 4.69) is 16.9 Å². The van der Waals surface area contributed by atoms with E-state index in [-0.39, 0.29) is 17.6 Å². The van der Waals surface area contributed by atoms with Gasteiger partial charge in [0, 0.05) is 31.1 Å². The van der Waals surface area contributed by atoms with Crippen LogP contribution in [-0.2, 0) is 9.53 Å². The van der Waals surface area contributed by atoms with Crippen molar-refractivity contribution in [3.63, 3.8) is 0 Å². The third-order valence-corrected chi connectivity index (χ3v) is 7.44. The van der Waals surface area contributed by atoms with Crippen LogP contribution >= 0.6 is 23.1 Å². The maximum Gasteiger partial charge on any atom is 0.258 e. The first-order valence-corrected chi connectivity index (χ1v) is 12.4. The minimum Gasteiger partial charge on any atom is -0.463 e. The lowest BCUT2D eigenvalue weighted by atomic mass is 9.94. The summed E-state index contributed by atoms with van der Waals surface area (Å²) in [5.74, 6) is 1.82. The fourth-order valence-electron chi connectivity index (χ4n) is 3.60. The van der Waals surface area contributed by atoms with Crippen molar-refractivity contribution in [2.24, 2.45) is 11.7 Å². The molecule has 2 saturated heterocycles. The van der Waals surface area contributed by atoms with Crippen LogP contribution in [0.15, 0.2) is 58.4 Å². The lowest BCUT2D eigenvalue weighted by molar-refractivity contribution is -0.112. The number of thiazole rings is 1. The van der Waals surface area contributed by atoms with Gasteiger partial charge in [-0.1, -0.05) is 23.5 Å². The third kappa shape index (κ3) is 5.06. The molecule has 2 aliphatic heterocycles. The molecule has 4 heterocycles. The number of Topliss-reactive ketones (excluding diaryl/α,β-unsaturated/α-hetero) is 1. The number of nitrogens with one attached hydrogen (secondary N) is 1. The Morgan fingerprint density at radius 1 is 1.31 bits per heavy atom. The molecule has 0 unspecified atom stereocenters. The number of carbonyl (C=O) groups excluding carboxylic acids is 2. The predicted molar refractivity (Wildman–Crippen MR) is 128 cm³/mol. The van der Waals surface area contributed by atoms with Crippen molar-refractivity contribution in [1.82, 2.24) is 4.98 Å². The van der Waals surface area contributed by atoms with E-state index in [4.69, 9.17) is 14.9 Å². The average molecular weight is 472 g/mol. The average Bonchev–Trinajstić information content (AvgIpc) is 3.48. The number of furan rings is 1. The summed E-state index contributed by atoms with van der Waals surface area (Å²) in [6.45, 7) is 5.22. The molecule has 168 valence electrons. The van der Waals surface area contributed by atoms with Crippen LogP contribution in [0.3, 0.4) is 0 Å². The smallest absolute Gasteiger partial charge is 0.258 e. The van der Waals surface area contributed by atoms with Gasteiger partial charge in [0.15, 0.2) is 16.7 Å². The van der Waals surface area contributed by atoms with Crippen LogP contribution in [0.1, 0.15) is 28.9 Å². The van der Waals surface area contributed by atoms with Gasteiger partial charge in [0.25, 0.3) is 5.91 Å². The summed E-state index contributed by atoms with van der Waals surface area (Å²) in [5.41, 5.74) is 8.56. The molecule has 2 fully saturated rings. The predicted octanol–water partition coefficient (Wildman–Crippen LogP) is 4.41. The summed E-state index contributed by atoms with van der Waals surface area (Å²) >= 11 is 2.96. The number of carbonyl (C=O) groups is 2. The van der Waals surface area contributed by atoms with Gasteiger partial charge in [-0.05, 0) is 48.8 Å². The van der Waals surface area contributed by atoms with Gasteiger partial charge in [-0.2, -0.15) is 11.8 Å². The Morgan fingerprint density at radius 3 is 2.81 bits per heavy atom. The van der Waals surface area contributed by atoms with Crippen LogP contribution in [0, 0.1) is 5.92 Å². The number of allylic oxidation sites excluding steroid dienone is 1. The summed E-state index contributed by atoms with van der Waals surface area (Å²) in [7, 11) is 0. The molecule has 0 radical (unpaired) electrons. The lowest BCUT2D eigenvalue weighted by Crippen LogP contribution is -2.23. The number of ketones is 1. The van der Waals surface area contributed by atoms with Gasteiger partial charge in [0.05, 0.1) is 11.8 Å². The van der Waals surface area contributed by atoms with Crippen molar-refractivity contribution < 1.29 is 18.7 Å². The lowest BCUT2D eigenvalue weighted by Gasteiger charge is -2.20. The Hall–Kier alpha value is -2.62. The van der Waals surface area contributed by atoms with E-state index in [9.17, 15) is 9.59 Å². The number of hydrogen-bond acceptors (Lipinski definition) is 8. The van der Waals surface area contributed by atoms with Crippen LogP contribution in [0.5, 0.6) is 0 Å². The van der Waals surface area contributed by atoms with Gasteiger partial charge in [0.1, 0.15) is 10.6 Å². The van der Waals surface area contributed by atoms with E-state index in [0.717, 1.165) is 40.4 Å². The van der Waals surface area contributed by atoms with Crippen LogP contribution in [0.4, 0.5) is 5.13 Å². The Bertz CT molecular complexity index is 1060. The maximum atomic E-state index is 13.2. The Labute approximate surface area is 194 Å². The molecular formula is C23H25N3O4S2. The van der Waals surface area contributed by atoms with Crippen molar-refractivity contribution in [1.29, 1.82) is 0 Å². The van der Waals surface area contributed by atoms with Crippen molar-refractivity contribution in [3.8, 4) is 11.5 Å². The van der Waals surface area contributed by atoms with E-state index < -0.39 is 0 Å². The first-order valence-electron chi connectivity index (χ1n) is 10.4. The largest absolute Gasteiger partial charge is 0.463 e.